The van der Waals surface area contributed by atoms with Crippen molar-refractivity contribution in [3.8, 4) is 11.5 Å². The summed E-state index contributed by atoms with van der Waals surface area (Å²) in [5, 5.41) is 63.9. The van der Waals surface area contributed by atoms with Gasteiger partial charge >= 0.3 is 5.97 Å². The second kappa shape index (κ2) is 25.8. The number of carbonyl (C=O) groups is 8. The minimum atomic E-state index is -1.96. The molecule has 4 aromatic rings. The van der Waals surface area contributed by atoms with E-state index in [1.165, 1.54) is 33.8 Å². The van der Waals surface area contributed by atoms with E-state index in [0.29, 0.717) is 55.3 Å². The number of ether oxygens (including phenoxy) is 1. The Morgan fingerprint density at radius 1 is 0.828 bits per heavy atom. The van der Waals surface area contributed by atoms with E-state index in [4.69, 9.17) is 17.0 Å². The van der Waals surface area contributed by atoms with Crippen molar-refractivity contribution in [2.75, 3.05) is 56.8 Å². The van der Waals surface area contributed by atoms with E-state index in [2.05, 4.69) is 47.2 Å². The molecule has 7 amide bonds. The zero-order valence-electron chi connectivity index (χ0n) is 49.0. The van der Waals surface area contributed by atoms with E-state index in [9.17, 15) is 58.8 Å². The van der Waals surface area contributed by atoms with E-state index in [1.807, 2.05) is 74.4 Å². The molecule has 0 saturated carbocycles. The van der Waals surface area contributed by atoms with Gasteiger partial charge in [0.05, 0.1) is 34.1 Å². The Balaban J connectivity index is 1.02. The fourth-order valence-electron chi connectivity index (χ4n) is 10.9. The van der Waals surface area contributed by atoms with Crippen LogP contribution in [0.5, 0.6) is 11.5 Å². The normalized spacial score (nSPS) is 25.3. The number of thiocarbonyl (C=S) groups is 1. The van der Waals surface area contributed by atoms with Crippen molar-refractivity contribution in [3.05, 3.63) is 107 Å². The number of aromatic nitrogens is 1. The third-order valence-electron chi connectivity index (χ3n) is 15.6. The van der Waals surface area contributed by atoms with Gasteiger partial charge in [-0.2, -0.15) is 0 Å². The van der Waals surface area contributed by atoms with Crippen molar-refractivity contribution < 1.29 is 63.5 Å². The lowest BCUT2D eigenvalue weighted by Gasteiger charge is -2.31. The molecule has 2 bridgehead atoms. The molecule has 1 saturated heterocycles. The van der Waals surface area contributed by atoms with Crippen molar-refractivity contribution >= 4 is 110 Å². The molecule has 87 heavy (non-hydrogen) atoms. The first-order valence-corrected chi connectivity index (χ1v) is 29.6. The first-order chi connectivity index (χ1) is 41.2. The smallest absolute Gasteiger partial charge is 0.336 e. The van der Waals surface area contributed by atoms with Crippen LogP contribution in [0.2, 0.25) is 0 Å². The fraction of sp³-hybridized carbons (Fsp3) is 0.400. The molecule has 5 heterocycles. The summed E-state index contributed by atoms with van der Waals surface area (Å²) in [6, 6.07) is 7.91. The van der Waals surface area contributed by atoms with Crippen LogP contribution in [0.15, 0.2) is 100 Å². The van der Waals surface area contributed by atoms with Gasteiger partial charge in [-0.15, -0.1) is 11.8 Å². The van der Waals surface area contributed by atoms with Crippen LogP contribution in [0.4, 0.5) is 11.4 Å². The number of H-pyrrole nitrogens is 1. The van der Waals surface area contributed by atoms with E-state index >= 15 is 0 Å². The number of nitrogens with one attached hydrogen (secondary N) is 8. The summed E-state index contributed by atoms with van der Waals surface area (Å²) in [5.74, 6) is -6.77. The lowest BCUT2D eigenvalue weighted by molar-refractivity contribution is -0.142. The molecular formula is C60H70N12O13S2. The number of aliphatic hydroxyl groups is 3. The fourth-order valence-corrected chi connectivity index (χ4v) is 12.2. The summed E-state index contributed by atoms with van der Waals surface area (Å²) in [6.07, 6.45) is 0.804. The van der Waals surface area contributed by atoms with Crippen LogP contribution >= 0.6 is 24.0 Å². The number of thioether (sulfide) groups is 1. The van der Waals surface area contributed by atoms with Crippen LogP contribution < -0.4 is 51.8 Å². The zero-order chi connectivity index (χ0) is 62.9. The Morgan fingerprint density at radius 3 is 2.08 bits per heavy atom. The molecular weight excluding hydrogens is 1160 g/mol. The molecule has 1 fully saturated rings. The van der Waals surface area contributed by atoms with Crippen molar-refractivity contribution in [3.63, 3.8) is 0 Å². The van der Waals surface area contributed by atoms with Crippen molar-refractivity contribution in [1.82, 2.24) is 47.1 Å². The van der Waals surface area contributed by atoms with E-state index in [-0.39, 0.29) is 41.5 Å². The van der Waals surface area contributed by atoms with Gasteiger partial charge < -0.3 is 82.1 Å². The highest BCUT2D eigenvalue weighted by Crippen LogP contribution is 2.49. The van der Waals surface area contributed by atoms with Gasteiger partial charge in [0.1, 0.15) is 53.8 Å². The monoisotopic (exact) mass is 1230 g/mol. The second-order valence-corrected chi connectivity index (χ2v) is 24.3. The molecule has 3 aromatic carbocycles. The number of anilines is 2. The van der Waals surface area contributed by atoms with Gasteiger partial charge in [-0.05, 0) is 93.5 Å². The standard InChI is InChI=1S/C60H70N12O13S2/c1-28-50(75)65-42-23-39-35-11-9-10-12-41(35)68-56(39)87-26-44(57(81)72-25-34(74)22-45(72)54(79)63-28)67-55(80)49(30(3)73)69-51(76)29(2)62-53(78)43(66-52(42)77)24-60(4,84)27-61-59(86)64-31-13-16-36(40(19-31)58(82)83)48-37-17-14-32(70(5)6)20-46(37)85-47-21-33(71(7)8)15-18-38(47)48/h9-21,28-30,34,42-45,49,68,73-74,84H,22-27H2,1-8H3,(H,61,86)(H,62,78)(H,63,79)(H,65,75)(H,66,77)(H,67,80)(H,69,76)(H,82,83)/b64-31-/t28-,29?,30-,34+,42-,43-,44+,45-,49+,60+/m0/s1. The van der Waals surface area contributed by atoms with E-state index < -0.39 is 120 Å². The number of amides is 7. The van der Waals surface area contributed by atoms with Gasteiger partial charge in [-0.25, -0.2) is 9.79 Å². The first kappa shape index (κ1) is 62.9. The van der Waals surface area contributed by atoms with Crippen LogP contribution in [0.3, 0.4) is 0 Å². The SMILES string of the molecule is CC1NC(=O)[C@H](C[C@@](C)(O)CNC(=S)/N=C2/C=CC(=C3c4ccc(N(C)C)cc4Oc4cc(N(C)C)ccc43)C(C(=O)O)=C2)NC(=O)[C@@H]2Cc3c([nH]c4ccccc34)SC[C@@H](NC(=O)[C@@H]([C@H](C)O)NC1=O)C(=O)N1C[C@H](O)C[C@H]1C(=O)N[C@@H](C)C(=O)N2. The number of carboxylic acid groups (broad SMARTS) is 1. The number of aliphatic imine (C=N–C) groups is 1. The number of carbonyl (C=O) groups excluding carboxylic acids is 7. The lowest BCUT2D eigenvalue weighted by Crippen LogP contribution is -2.62. The third kappa shape index (κ3) is 14.0. The summed E-state index contributed by atoms with van der Waals surface area (Å²) < 4.78 is 6.45. The largest absolute Gasteiger partial charge is 0.478 e. The average molecular weight is 1230 g/mol. The average Bonchev–Trinajstić information content (AvgIpc) is 1.44. The van der Waals surface area contributed by atoms with Gasteiger partial charge in [0.15, 0.2) is 5.11 Å². The maximum Gasteiger partial charge on any atom is 0.336 e. The number of hydrogen-bond acceptors (Lipinski definition) is 16. The van der Waals surface area contributed by atoms with Gasteiger partial charge in [0.25, 0.3) is 0 Å². The second-order valence-electron chi connectivity index (χ2n) is 22.9. The van der Waals surface area contributed by atoms with Gasteiger partial charge in [-0.3, -0.25) is 33.6 Å². The molecule has 9 rings (SSSR count). The predicted octanol–water partition coefficient (Wildman–Crippen LogP) is 0.898. The maximum atomic E-state index is 15.0. The Kier molecular flexibility index (Phi) is 18.6. The van der Waals surface area contributed by atoms with Crippen LogP contribution in [0.25, 0.3) is 16.5 Å². The molecule has 25 nitrogen and oxygen atoms in total. The number of aromatic amines is 1. The first-order valence-electron chi connectivity index (χ1n) is 28.2. The molecule has 0 spiro atoms. The molecule has 10 atom stereocenters. The number of hydrogen-bond donors (Lipinski definition) is 12. The highest BCUT2D eigenvalue weighted by atomic mass is 32.2. The Bertz CT molecular complexity index is 3550. The molecule has 1 aliphatic carbocycles. The third-order valence-corrected chi connectivity index (χ3v) is 17.0. The van der Waals surface area contributed by atoms with Gasteiger partial charge in [0, 0.05) is 117 Å². The van der Waals surface area contributed by atoms with Crippen LogP contribution in [0.1, 0.15) is 57.2 Å². The molecule has 0 radical (unpaired) electrons. The highest BCUT2D eigenvalue weighted by Gasteiger charge is 2.44. The molecule has 1 aromatic heterocycles. The van der Waals surface area contributed by atoms with Crippen molar-refractivity contribution in [1.29, 1.82) is 0 Å². The minimum Gasteiger partial charge on any atom is -0.478 e. The van der Waals surface area contributed by atoms with Crippen molar-refractivity contribution in [2.45, 2.75) is 112 Å². The summed E-state index contributed by atoms with van der Waals surface area (Å²) in [6.45, 7) is 4.47. The number of aliphatic hydroxyl groups excluding tert-OH is 2. The number of benzene rings is 3. The quantitative estimate of drug-likeness (QED) is 0.0960. The summed E-state index contributed by atoms with van der Waals surface area (Å²) >= 11 is 6.68. The minimum absolute atomic E-state index is 0.0992. The number of aliphatic carboxylic acids is 1. The molecule has 4 aliphatic heterocycles. The number of fused-ring (bicyclic) bond motifs is 7. The Hall–Kier alpha value is -8.63. The number of carboxylic acids is 1. The molecule has 12 N–H and O–H groups in total. The van der Waals surface area contributed by atoms with Gasteiger partial charge in [-0.1, -0.05) is 24.3 Å². The van der Waals surface area contributed by atoms with E-state index in [1.54, 1.807) is 36.4 Å². The zero-order valence-corrected chi connectivity index (χ0v) is 50.6. The predicted molar refractivity (Wildman–Crippen MR) is 329 cm³/mol. The van der Waals surface area contributed by atoms with Crippen LogP contribution in [-0.4, -0.2) is 196 Å². The summed E-state index contributed by atoms with van der Waals surface area (Å²) in [4.78, 5) is 126. The van der Waals surface area contributed by atoms with Crippen LogP contribution in [0, 0.1) is 0 Å². The maximum absolute atomic E-state index is 15.0. The topological polar surface area (TPSA) is 349 Å². The summed E-state index contributed by atoms with van der Waals surface area (Å²) in [5.41, 5.74) is 3.22. The highest BCUT2D eigenvalue weighted by molar-refractivity contribution is 7.99. The summed E-state index contributed by atoms with van der Waals surface area (Å²) in [7, 11) is 7.60. The molecule has 460 valence electrons. The van der Waals surface area contributed by atoms with Crippen molar-refractivity contribution in [2.24, 2.45) is 4.99 Å². The lowest BCUT2D eigenvalue weighted by atomic mass is 9.84. The molecule has 1 unspecified atom stereocenters. The Morgan fingerprint density at radius 2 is 1.45 bits per heavy atom. The van der Waals surface area contributed by atoms with Gasteiger partial charge in [0.2, 0.25) is 41.4 Å². The molecule has 27 heteroatoms. The van der Waals surface area contributed by atoms with Crippen LogP contribution in [-0.2, 0) is 44.8 Å². The number of nitrogens with zero attached hydrogens (tertiary/aromatic N) is 4. The molecule has 5 aliphatic rings. The number of allylic oxidation sites excluding steroid dienone is 3. The Labute approximate surface area is 510 Å². The number of para-hydroxylation sites is 1. The number of rotatable bonds is 8. The van der Waals surface area contributed by atoms with E-state index in [0.717, 1.165) is 28.0 Å².